The second-order valence-electron chi connectivity index (χ2n) is 4.60. The number of hydrogen-bond acceptors (Lipinski definition) is 1. The van der Waals surface area contributed by atoms with Crippen LogP contribution in [0.25, 0.3) is 0 Å². The first-order valence-electron chi connectivity index (χ1n) is 5.62. The van der Waals surface area contributed by atoms with E-state index in [4.69, 9.17) is 0 Å². The number of nitrogens with one attached hydrogen (secondary N) is 1. The molecule has 1 fully saturated rings. The third-order valence-corrected chi connectivity index (χ3v) is 3.96. The third kappa shape index (κ3) is 2.82. The van der Waals surface area contributed by atoms with Gasteiger partial charge in [0.1, 0.15) is 0 Å². The van der Waals surface area contributed by atoms with Crippen molar-refractivity contribution < 1.29 is 0 Å². The minimum atomic E-state index is 0.654. The smallest absolute Gasteiger partial charge is 0.0175 e. The largest absolute Gasteiger partial charge is 0.316 e. The third-order valence-electron chi connectivity index (χ3n) is 3.43. The lowest BCUT2D eigenvalue weighted by Gasteiger charge is -2.15. The van der Waals surface area contributed by atoms with Crippen molar-refractivity contribution in [1.29, 1.82) is 0 Å². The molecule has 0 bridgehead atoms. The summed E-state index contributed by atoms with van der Waals surface area (Å²) < 4.78 is 1.16. The summed E-state index contributed by atoms with van der Waals surface area (Å²) in [6, 6.07) is 9.32. The summed E-state index contributed by atoms with van der Waals surface area (Å²) in [5.41, 5.74) is 1.43. The molecule has 1 nitrogen and oxygen atoms in total. The zero-order chi connectivity index (χ0) is 10.8. The van der Waals surface area contributed by atoms with Crippen LogP contribution in [0.3, 0.4) is 0 Å². The average molecular weight is 268 g/mol. The molecule has 0 saturated heterocycles. The summed E-state index contributed by atoms with van der Waals surface area (Å²) in [5.74, 6) is 1.80. The molecule has 0 aliphatic heterocycles. The fraction of sp³-hybridized carbons (Fsp3) is 0.538. The van der Waals surface area contributed by atoms with Gasteiger partial charge in [-0.3, -0.25) is 0 Å². The maximum absolute atomic E-state index is 3.46. The topological polar surface area (TPSA) is 12.0 Å². The van der Waals surface area contributed by atoms with Crippen LogP contribution in [0.5, 0.6) is 0 Å². The highest BCUT2D eigenvalue weighted by molar-refractivity contribution is 9.10. The number of likely N-dealkylation sites (N-methyl/N-ethyl adjacent to an activating group) is 1. The molecule has 1 N–H and O–H groups in total. The van der Waals surface area contributed by atoms with Gasteiger partial charge in [0, 0.05) is 10.5 Å². The summed E-state index contributed by atoms with van der Waals surface area (Å²) in [5, 5.41) is 3.45. The van der Waals surface area contributed by atoms with E-state index in [9.17, 15) is 0 Å². The van der Waals surface area contributed by atoms with Gasteiger partial charge in [-0.1, -0.05) is 35.0 Å². The van der Waals surface area contributed by atoms with Gasteiger partial charge in [0.05, 0.1) is 0 Å². The van der Waals surface area contributed by atoms with Gasteiger partial charge in [0.15, 0.2) is 0 Å². The van der Waals surface area contributed by atoms with Gasteiger partial charge in [-0.25, -0.2) is 0 Å². The summed E-state index contributed by atoms with van der Waals surface area (Å²) in [6.07, 6.45) is 2.54. The van der Waals surface area contributed by atoms with Crippen LogP contribution in [0, 0.1) is 11.8 Å². The summed E-state index contributed by atoms with van der Waals surface area (Å²) in [4.78, 5) is 0. The normalized spacial score (nSPS) is 26.3. The molecule has 0 amide bonds. The standard InChI is InChI=1S/C13H18BrN/c1-9-7-12(9)13(15-2)8-10-3-5-11(14)6-4-10/h3-6,9,12-13,15H,7-8H2,1-2H3. The Labute approximate surface area is 100 Å². The molecule has 1 saturated carbocycles. The highest BCUT2D eigenvalue weighted by Crippen LogP contribution is 2.41. The van der Waals surface area contributed by atoms with Crippen molar-refractivity contribution in [2.75, 3.05) is 7.05 Å². The molecule has 0 aromatic heterocycles. The van der Waals surface area contributed by atoms with Crippen LogP contribution in [0.1, 0.15) is 18.9 Å². The molecule has 1 aromatic rings. The molecule has 2 heteroatoms. The van der Waals surface area contributed by atoms with Crippen molar-refractivity contribution >= 4 is 15.9 Å². The van der Waals surface area contributed by atoms with Crippen molar-refractivity contribution in [3.8, 4) is 0 Å². The highest BCUT2D eigenvalue weighted by atomic mass is 79.9. The van der Waals surface area contributed by atoms with Gasteiger partial charge in [-0.2, -0.15) is 0 Å². The molecule has 15 heavy (non-hydrogen) atoms. The van der Waals surface area contributed by atoms with Crippen LogP contribution in [0.15, 0.2) is 28.7 Å². The van der Waals surface area contributed by atoms with E-state index in [-0.39, 0.29) is 0 Å². The SMILES string of the molecule is CNC(Cc1ccc(Br)cc1)C1CC1C. The van der Waals surface area contributed by atoms with E-state index in [1.54, 1.807) is 0 Å². The second-order valence-corrected chi connectivity index (χ2v) is 5.52. The first-order valence-corrected chi connectivity index (χ1v) is 6.41. The second kappa shape index (κ2) is 4.67. The summed E-state index contributed by atoms with van der Waals surface area (Å²) in [6.45, 7) is 2.34. The Balaban J connectivity index is 1.97. The monoisotopic (exact) mass is 267 g/mol. The fourth-order valence-corrected chi connectivity index (χ4v) is 2.52. The van der Waals surface area contributed by atoms with Crippen LogP contribution in [0.4, 0.5) is 0 Å². The van der Waals surface area contributed by atoms with E-state index in [1.165, 1.54) is 12.0 Å². The molecule has 0 heterocycles. The maximum Gasteiger partial charge on any atom is 0.0175 e. The van der Waals surface area contributed by atoms with Crippen molar-refractivity contribution in [1.82, 2.24) is 5.32 Å². The van der Waals surface area contributed by atoms with Gasteiger partial charge < -0.3 is 5.32 Å². The Morgan fingerprint density at radius 3 is 2.47 bits per heavy atom. The van der Waals surface area contributed by atoms with Crippen LogP contribution in [-0.2, 0) is 6.42 Å². The first kappa shape index (κ1) is 11.2. The lowest BCUT2D eigenvalue weighted by atomic mass is 10.0. The Kier molecular flexibility index (Phi) is 3.47. The molecule has 1 aliphatic rings. The average Bonchev–Trinajstić information content (AvgIpc) is 2.95. The minimum absolute atomic E-state index is 0.654. The lowest BCUT2D eigenvalue weighted by Crippen LogP contribution is -2.30. The van der Waals surface area contributed by atoms with Crippen molar-refractivity contribution in [2.24, 2.45) is 11.8 Å². The number of rotatable bonds is 4. The van der Waals surface area contributed by atoms with Crippen LogP contribution >= 0.6 is 15.9 Å². The van der Waals surface area contributed by atoms with E-state index in [0.29, 0.717) is 6.04 Å². The molecule has 1 aliphatic carbocycles. The van der Waals surface area contributed by atoms with E-state index < -0.39 is 0 Å². The number of benzene rings is 1. The van der Waals surface area contributed by atoms with Gasteiger partial charge in [-0.05, 0) is 49.4 Å². The molecular formula is C13H18BrN. The lowest BCUT2D eigenvalue weighted by molar-refractivity contribution is 0.479. The van der Waals surface area contributed by atoms with E-state index in [1.807, 2.05) is 0 Å². The van der Waals surface area contributed by atoms with Crippen LogP contribution in [-0.4, -0.2) is 13.1 Å². The molecule has 0 radical (unpaired) electrons. The Morgan fingerprint density at radius 2 is 2.00 bits per heavy atom. The highest BCUT2D eigenvalue weighted by Gasteiger charge is 2.38. The summed E-state index contributed by atoms with van der Waals surface area (Å²) in [7, 11) is 2.08. The Hall–Kier alpha value is -0.340. The maximum atomic E-state index is 3.46. The van der Waals surface area contributed by atoms with Crippen LogP contribution < -0.4 is 5.32 Å². The number of halogens is 1. The molecule has 0 spiro atoms. The van der Waals surface area contributed by atoms with Crippen molar-refractivity contribution in [3.63, 3.8) is 0 Å². The predicted molar refractivity (Wildman–Crippen MR) is 68.0 cm³/mol. The van der Waals surface area contributed by atoms with Gasteiger partial charge in [0.2, 0.25) is 0 Å². The molecule has 3 atom stereocenters. The molecule has 82 valence electrons. The van der Waals surface area contributed by atoms with E-state index in [0.717, 1.165) is 22.7 Å². The quantitative estimate of drug-likeness (QED) is 0.884. The van der Waals surface area contributed by atoms with Crippen molar-refractivity contribution in [3.05, 3.63) is 34.3 Å². The molecule has 2 rings (SSSR count). The fourth-order valence-electron chi connectivity index (χ4n) is 2.25. The van der Waals surface area contributed by atoms with Gasteiger partial charge in [-0.15, -0.1) is 0 Å². The van der Waals surface area contributed by atoms with E-state index >= 15 is 0 Å². The Morgan fingerprint density at radius 1 is 1.40 bits per heavy atom. The minimum Gasteiger partial charge on any atom is -0.316 e. The van der Waals surface area contributed by atoms with Crippen molar-refractivity contribution in [2.45, 2.75) is 25.8 Å². The predicted octanol–water partition coefficient (Wildman–Crippen LogP) is 3.24. The molecule has 1 aromatic carbocycles. The number of hydrogen-bond donors (Lipinski definition) is 1. The van der Waals surface area contributed by atoms with Gasteiger partial charge in [0.25, 0.3) is 0 Å². The zero-order valence-electron chi connectivity index (χ0n) is 9.33. The zero-order valence-corrected chi connectivity index (χ0v) is 10.9. The first-order chi connectivity index (χ1) is 7.20. The van der Waals surface area contributed by atoms with E-state index in [2.05, 4.69) is 59.5 Å². The molecular weight excluding hydrogens is 250 g/mol. The van der Waals surface area contributed by atoms with Gasteiger partial charge >= 0.3 is 0 Å². The summed E-state index contributed by atoms with van der Waals surface area (Å²) >= 11 is 3.46. The Bertz CT molecular complexity index is 320. The molecule has 3 unspecified atom stereocenters. The van der Waals surface area contributed by atoms with Crippen LogP contribution in [0.2, 0.25) is 0 Å².